The molecule has 0 saturated carbocycles. The van der Waals surface area contributed by atoms with E-state index < -0.39 is 198 Å². The molecule has 0 fully saturated rings. The van der Waals surface area contributed by atoms with E-state index in [9.17, 15) is 52.7 Å². The van der Waals surface area contributed by atoms with E-state index in [1.165, 1.54) is 19.3 Å². The van der Waals surface area contributed by atoms with Crippen molar-refractivity contribution in [3.63, 3.8) is 0 Å². The van der Waals surface area contributed by atoms with Crippen molar-refractivity contribution in [3.8, 4) is 0 Å². The minimum atomic E-state index is -2.47. The van der Waals surface area contributed by atoms with Crippen molar-refractivity contribution in [2.75, 3.05) is 86.4 Å². The van der Waals surface area contributed by atoms with Gasteiger partial charge in [0.2, 0.25) is 22.2 Å². The SMILES string of the molecule is C=CCOC(=O)C(Cl)(Cl)CC(COC(=O)C(Cl)(Cl)Cl)CC(CCCOC(=O)C(Cl)(Cl)CC(CCCOC(=O)C(Cl)(Cl)Cl)COC(=O)C(Cl)(Cl)Cl)COC(=O)C(Cl)(Cl)Cl.C=CCOC(=O)C(Cl)(Cl)CC(COC(=O)C(Cl)Cl)CC(CCCOC(=O)C(Cl)(Cl)CC(COC(=O)C(Cl)(Cl)Cl)CC(Cl)COC(=O)C(Cl)(Cl)Cl)COC. The van der Waals surface area contributed by atoms with E-state index in [1.54, 1.807) is 0 Å². The number of esters is 11. The fourth-order valence-electron chi connectivity index (χ4n) is 8.80. The van der Waals surface area contributed by atoms with Crippen molar-refractivity contribution in [2.24, 2.45) is 35.5 Å². The second-order valence-electron chi connectivity index (χ2n) is 23.1. The normalized spacial score (nSPS) is 14.5. The van der Waals surface area contributed by atoms with Gasteiger partial charge in [-0.1, -0.05) is 350 Å². The minimum absolute atomic E-state index is 0.0410. The summed E-state index contributed by atoms with van der Waals surface area (Å²) in [5, 5.41) is -0.972. The Kier molecular flexibility index (Phi) is 57.3. The van der Waals surface area contributed by atoms with Crippen LogP contribution in [0.25, 0.3) is 0 Å². The molecule has 644 valence electrons. The van der Waals surface area contributed by atoms with Crippen LogP contribution in [0.4, 0.5) is 0 Å². The van der Waals surface area contributed by atoms with Crippen LogP contribution < -0.4 is 0 Å². The second kappa shape index (κ2) is 55.3. The molecular formula is C59H67Cl29O23. The average molecular weight is 2170 g/mol. The third-order valence-electron chi connectivity index (χ3n) is 13.6. The summed E-state index contributed by atoms with van der Waals surface area (Å²) in [6.45, 7) is 3.40. The first-order chi connectivity index (χ1) is 50.5. The highest BCUT2D eigenvalue weighted by Gasteiger charge is 2.46. The van der Waals surface area contributed by atoms with Crippen LogP contribution >= 0.6 is 336 Å². The van der Waals surface area contributed by atoms with Gasteiger partial charge in [-0.2, -0.15) is 0 Å². The van der Waals surface area contributed by atoms with Crippen molar-refractivity contribution >= 4 is 402 Å². The van der Waals surface area contributed by atoms with Gasteiger partial charge in [0, 0.05) is 13.7 Å². The summed E-state index contributed by atoms with van der Waals surface area (Å²) in [5.74, 6) is -16.6. The molecule has 52 heteroatoms. The number of methoxy groups -OCH3 is 1. The molecule has 0 radical (unpaired) electrons. The van der Waals surface area contributed by atoms with Crippen LogP contribution in [0, 0.1) is 35.5 Å². The van der Waals surface area contributed by atoms with Crippen LogP contribution in [-0.2, 0) is 110 Å². The number of carbonyl (C=O) groups excluding carboxylic acids is 11. The molecule has 0 aromatic rings. The fraction of sp³-hybridized carbons (Fsp3) is 0.746. The maximum Gasteiger partial charge on any atom is 0.358 e. The number of hydrogen-bond acceptors (Lipinski definition) is 23. The number of rotatable bonds is 49. The summed E-state index contributed by atoms with van der Waals surface area (Å²) >= 11 is 168. The third kappa shape index (κ3) is 53.0. The van der Waals surface area contributed by atoms with E-state index >= 15 is 0 Å². The lowest BCUT2D eigenvalue weighted by atomic mass is 9.88. The van der Waals surface area contributed by atoms with Gasteiger partial charge >= 0.3 is 65.7 Å². The highest BCUT2D eigenvalue weighted by molar-refractivity contribution is 6.78. The van der Waals surface area contributed by atoms with E-state index in [1.807, 2.05) is 0 Å². The highest BCUT2D eigenvalue weighted by Crippen LogP contribution is 2.41. The molecule has 7 atom stereocenters. The Morgan fingerprint density at radius 3 is 0.820 bits per heavy atom. The summed E-state index contributed by atoms with van der Waals surface area (Å²) in [6.07, 6.45) is 2.22. The molecule has 0 bridgehead atoms. The van der Waals surface area contributed by atoms with Crippen LogP contribution in [0.1, 0.15) is 83.5 Å². The van der Waals surface area contributed by atoms with Crippen LogP contribution in [0.2, 0.25) is 0 Å². The van der Waals surface area contributed by atoms with Crippen molar-refractivity contribution in [2.45, 2.75) is 134 Å². The molecule has 0 rings (SSSR count). The smallest absolute Gasteiger partial charge is 0.358 e. The molecule has 0 aromatic heterocycles. The molecular weight excluding hydrogens is 2100 g/mol. The largest absolute Gasteiger partial charge is 0.463 e. The minimum Gasteiger partial charge on any atom is -0.463 e. The van der Waals surface area contributed by atoms with Gasteiger partial charge in [-0.25, -0.2) is 52.7 Å². The van der Waals surface area contributed by atoms with Crippen molar-refractivity contribution < 1.29 is 110 Å². The lowest BCUT2D eigenvalue weighted by Gasteiger charge is -2.28. The lowest BCUT2D eigenvalue weighted by Crippen LogP contribution is -2.35. The summed E-state index contributed by atoms with van der Waals surface area (Å²) in [7, 11) is 1.46. The molecule has 111 heavy (non-hydrogen) atoms. The quantitative estimate of drug-likeness (QED) is 0.0180. The van der Waals surface area contributed by atoms with E-state index in [2.05, 4.69) is 13.2 Å². The number of carbonyl (C=O) groups is 11. The molecule has 0 spiro atoms. The second-order valence-corrected chi connectivity index (χ2v) is 44.4. The van der Waals surface area contributed by atoms with Crippen molar-refractivity contribution in [1.82, 2.24) is 0 Å². The molecule has 0 aliphatic carbocycles. The molecule has 0 N–H and O–H groups in total. The predicted molar refractivity (Wildman–Crippen MR) is 438 cm³/mol. The average Bonchev–Trinajstić information content (AvgIpc) is 0.846. The number of hydrogen-bond donors (Lipinski definition) is 0. The zero-order valence-corrected chi connectivity index (χ0v) is 78.6. The zero-order chi connectivity index (χ0) is 86.5. The van der Waals surface area contributed by atoms with Gasteiger partial charge in [0.25, 0.3) is 22.8 Å². The Hall–Kier alpha value is 2.02. The van der Waals surface area contributed by atoms with Gasteiger partial charge in [0.1, 0.15) is 19.8 Å². The third-order valence-corrected chi connectivity index (χ3v) is 19.5. The summed E-state index contributed by atoms with van der Waals surface area (Å²) < 4.78 is 38.0. The van der Waals surface area contributed by atoms with Crippen molar-refractivity contribution in [1.29, 1.82) is 0 Å². The first kappa shape index (κ1) is 115. The van der Waals surface area contributed by atoms with E-state index in [-0.39, 0.29) is 110 Å². The molecule has 0 heterocycles. The first-order valence-electron chi connectivity index (χ1n) is 30.9. The highest BCUT2D eigenvalue weighted by atomic mass is 35.6. The van der Waals surface area contributed by atoms with Gasteiger partial charge in [-0.3, -0.25) is 0 Å². The standard InChI is InChI=1S/C30H32Cl16O12.C29H35Cl13O11/c1-2-7-53-19(47)26(33,34)12-18(15-58-24(52)30(44,45)46)10-16(13-56-22(50)28(38,39)40)5-3-8-54-20(48)25(31,32)11-17(14-57-23(51)29(41,42)43)6-4-9-55-21(49)27(35,36)37;1-3-6-49-22(44)26(33,34)10-17(13-51-21(43)20(31)32)8-16(12-48-2)5-4-7-50-23(45)27(35,36)11-18(14-52-24(46)28(37,38)39)9-19(30)15-53-25(47)29(40,41)42/h2,16-18H,1,3-15H2;3,16-20H,1,4-15H2,2H3. The van der Waals surface area contributed by atoms with E-state index in [0.717, 1.165) is 0 Å². The Bertz CT molecular complexity index is 2970. The van der Waals surface area contributed by atoms with Crippen LogP contribution in [0.3, 0.4) is 0 Å². The van der Waals surface area contributed by atoms with Gasteiger partial charge in [-0.15, -0.1) is 11.6 Å². The Morgan fingerprint density at radius 1 is 0.288 bits per heavy atom. The van der Waals surface area contributed by atoms with Crippen molar-refractivity contribution in [3.05, 3.63) is 25.3 Å². The van der Waals surface area contributed by atoms with Gasteiger partial charge in [0.15, 0.2) is 0 Å². The molecule has 0 aromatic carbocycles. The molecule has 0 aliphatic heterocycles. The van der Waals surface area contributed by atoms with Crippen LogP contribution in [0.15, 0.2) is 25.3 Å². The van der Waals surface area contributed by atoms with Crippen LogP contribution in [0.5, 0.6) is 0 Å². The number of halogens is 29. The monoisotopic (exact) mass is 2160 g/mol. The summed E-state index contributed by atoms with van der Waals surface area (Å²) in [4.78, 5) is 134. The van der Waals surface area contributed by atoms with Gasteiger partial charge in [0.05, 0.1) is 58.2 Å². The first-order valence-corrected chi connectivity index (χ1v) is 42.1. The maximum atomic E-state index is 13.1. The van der Waals surface area contributed by atoms with Crippen LogP contribution in [-0.4, -0.2) is 202 Å². The molecule has 0 aliphatic rings. The van der Waals surface area contributed by atoms with Gasteiger partial charge < -0.3 is 56.8 Å². The molecule has 0 saturated heterocycles. The summed E-state index contributed by atoms with van der Waals surface area (Å²) in [5.41, 5.74) is 0. The molecule has 0 amide bonds. The topological polar surface area (TPSA) is 299 Å². The zero-order valence-electron chi connectivity index (χ0n) is 56.7. The molecule has 7 unspecified atom stereocenters. The summed E-state index contributed by atoms with van der Waals surface area (Å²) in [6, 6.07) is 0. The van der Waals surface area contributed by atoms with E-state index in [0.29, 0.717) is 6.42 Å². The fourth-order valence-corrected chi connectivity index (χ4v) is 12.4. The number of alkyl halides is 29. The maximum absolute atomic E-state index is 13.1. The number of ether oxygens (including phenoxy) is 12. The predicted octanol–water partition coefficient (Wildman–Crippen LogP) is 20.1. The Labute approximate surface area is 783 Å². The Balaban J connectivity index is 0. The lowest BCUT2D eigenvalue weighted by molar-refractivity contribution is -0.148. The van der Waals surface area contributed by atoms with Gasteiger partial charge in [-0.05, 0) is 119 Å². The molecule has 23 nitrogen and oxygen atoms in total. The van der Waals surface area contributed by atoms with E-state index in [4.69, 9.17) is 393 Å². The Morgan fingerprint density at radius 2 is 0.523 bits per heavy atom.